The van der Waals surface area contributed by atoms with E-state index in [-0.39, 0.29) is 0 Å². The van der Waals surface area contributed by atoms with Gasteiger partial charge < -0.3 is 20.4 Å². The van der Waals surface area contributed by atoms with E-state index in [9.17, 15) is 0 Å². The van der Waals surface area contributed by atoms with Gasteiger partial charge in [0, 0.05) is 26.3 Å². The number of anilines is 2. The fraction of sp³-hybridized carbons (Fsp3) is 0.692. The van der Waals surface area contributed by atoms with E-state index in [0.29, 0.717) is 24.2 Å². The Morgan fingerprint density at radius 3 is 2.95 bits per heavy atom. The first-order valence-electron chi connectivity index (χ1n) is 6.97. The van der Waals surface area contributed by atoms with E-state index in [2.05, 4.69) is 32.7 Å². The summed E-state index contributed by atoms with van der Waals surface area (Å²) in [5.74, 6) is 8.08. The number of aromatic nitrogens is 2. The maximum absolute atomic E-state index is 5.43. The van der Waals surface area contributed by atoms with Crippen LogP contribution in [0.25, 0.3) is 0 Å². The first kappa shape index (κ1) is 15.0. The Morgan fingerprint density at radius 1 is 1.45 bits per heavy atom. The second kappa shape index (κ2) is 7.37. The number of nitrogen functional groups attached to an aromatic ring is 1. The number of ether oxygens (including phenoxy) is 1. The van der Waals surface area contributed by atoms with Crippen molar-refractivity contribution in [2.45, 2.75) is 19.4 Å². The van der Waals surface area contributed by atoms with Gasteiger partial charge in [-0.15, -0.1) is 0 Å². The molecule has 1 atom stereocenters. The molecule has 0 aromatic carbocycles. The number of nitrogens with one attached hydrogen (secondary N) is 2. The Labute approximate surface area is 119 Å². The monoisotopic (exact) mass is 280 g/mol. The van der Waals surface area contributed by atoms with E-state index in [1.54, 1.807) is 7.11 Å². The van der Waals surface area contributed by atoms with Gasteiger partial charge in [0.15, 0.2) is 5.82 Å². The van der Waals surface area contributed by atoms with Gasteiger partial charge >= 0.3 is 0 Å². The third kappa shape index (κ3) is 4.29. The number of likely N-dealkylation sites (tertiary alicyclic amines) is 1. The van der Waals surface area contributed by atoms with Crippen LogP contribution in [0.5, 0.6) is 0 Å². The predicted molar refractivity (Wildman–Crippen MR) is 79.3 cm³/mol. The van der Waals surface area contributed by atoms with Crippen LogP contribution in [0.2, 0.25) is 0 Å². The maximum atomic E-state index is 5.43. The third-order valence-electron chi connectivity index (χ3n) is 3.49. The molecule has 0 saturated carbocycles. The van der Waals surface area contributed by atoms with Crippen molar-refractivity contribution in [2.24, 2.45) is 11.8 Å². The van der Waals surface area contributed by atoms with Gasteiger partial charge in [0.05, 0.1) is 0 Å². The summed E-state index contributed by atoms with van der Waals surface area (Å²) in [4.78, 5) is 11.0. The van der Waals surface area contributed by atoms with Crippen LogP contribution >= 0.6 is 0 Å². The SMILES string of the molecule is COCc1nc(NN)cc(NCC2CCCN(C)C2)n1. The average molecular weight is 280 g/mol. The second-order valence-corrected chi connectivity index (χ2v) is 5.28. The molecule has 1 fully saturated rings. The number of hydrogen-bond donors (Lipinski definition) is 3. The van der Waals surface area contributed by atoms with Crippen molar-refractivity contribution in [3.8, 4) is 0 Å². The van der Waals surface area contributed by atoms with E-state index >= 15 is 0 Å². The molecule has 1 aromatic heterocycles. The molecule has 112 valence electrons. The molecular formula is C13H24N6O. The summed E-state index contributed by atoms with van der Waals surface area (Å²) < 4.78 is 5.06. The van der Waals surface area contributed by atoms with Crippen molar-refractivity contribution in [1.29, 1.82) is 0 Å². The number of nitrogens with two attached hydrogens (primary N) is 1. The largest absolute Gasteiger partial charge is 0.377 e. The summed E-state index contributed by atoms with van der Waals surface area (Å²) in [6, 6.07) is 1.81. The van der Waals surface area contributed by atoms with Crippen LogP contribution in [0.3, 0.4) is 0 Å². The van der Waals surface area contributed by atoms with Crippen molar-refractivity contribution < 1.29 is 4.74 Å². The van der Waals surface area contributed by atoms with Gasteiger partial charge in [0.25, 0.3) is 0 Å². The summed E-state index contributed by atoms with van der Waals surface area (Å²) in [6.07, 6.45) is 2.52. The zero-order valence-electron chi connectivity index (χ0n) is 12.2. The van der Waals surface area contributed by atoms with E-state index in [1.807, 2.05) is 6.07 Å². The average Bonchev–Trinajstić information content (AvgIpc) is 2.45. The second-order valence-electron chi connectivity index (χ2n) is 5.28. The fourth-order valence-corrected chi connectivity index (χ4v) is 2.54. The molecule has 0 amide bonds. The van der Waals surface area contributed by atoms with Crippen molar-refractivity contribution in [2.75, 3.05) is 44.5 Å². The highest BCUT2D eigenvalue weighted by atomic mass is 16.5. The highest BCUT2D eigenvalue weighted by molar-refractivity contribution is 5.46. The fourth-order valence-electron chi connectivity index (χ4n) is 2.54. The standard InChI is InChI=1S/C13H24N6O/c1-19-5-3-4-10(8-19)7-15-11-6-12(18-14)17-13(16-11)9-20-2/h6,10H,3-5,7-9,14H2,1-2H3,(H2,15,16,17,18). The lowest BCUT2D eigenvalue weighted by molar-refractivity contribution is 0.178. The van der Waals surface area contributed by atoms with E-state index < -0.39 is 0 Å². The first-order valence-corrected chi connectivity index (χ1v) is 6.97. The van der Waals surface area contributed by atoms with Crippen LogP contribution in [-0.2, 0) is 11.3 Å². The van der Waals surface area contributed by atoms with E-state index in [0.717, 1.165) is 18.9 Å². The molecule has 2 heterocycles. The molecule has 1 aliphatic rings. The highest BCUT2D eigenvalue weighted by Gasteiger charge is 2.17. The van der Waals surface area contributed by atoms with Gasteiger partial charge in [-0.25, -0.2) is 15.8 Å². The zero-order valence-corrected chi connectivity index (χ0v) is 12.2. The molecule has 0 aliphatic carbocycles. The molecule has 1 aromatic rings. The summed E-state index contributed by atoms with van der Waals surface area (Å²) >= 11 is 0. The number of piperidine rings is 1. The summed E-state index contributed by atoms with van der Waals surface area (Å²) in [6.45, 7) is 3.61. The van der Waals surface area contributed by atoms with Crippen LogP contribution in [0.1, 0.15) is 18.7 Å². The Balaban J connectivity index is 1.95. The van der Waals surface area contributed by atoms with Crippen LogP contribution in [0.15, 0.2) is 6.07 Å². The van der Waals surface area contributed by atoms with Gasteiger partial charge in [-0.3, -0.25) is 0 Å². The molecule has 1 aliphatic heterocycles. The van der Waals surface area contributed by atoms with E-state index in [1.165, 1.54) is 19.4 Å². The molecule has 20 heavy (non-hydrogen) atoms. The van der Waals surface area contributed by atoms with Crippen molar-refractivity contribution in [3.63, 3.8) is 0 Å². The van der Waals surface area contributed by atoms with Gasteiger partial charge in [0.2, 0.25) is 0 Å². The number of hydrazine groups is 1. The quantitative estimate of drug-likeness (QED) is 0.521. The van der Waals surface area contributed by atoms with Crippen LogP contribution < -0.4 is 16.6 Å². The van der Waals surface area contributed by atoms with E-state index in [4.69, 9.17) is 10.6 Å². The minimum absolute atomic E-state index is 0.371. The number of rotatable bonds is 6. The Kier molecular flexibility index (Phi) is 5.51. The van der Waals surface area contributed by atoms with Crippen LogP contribution in [0.4, 0.5) is 11.6 Å². The molecule has 1 unspecified atom stereocenters. The summed E-state index contributed by atoms with van der Waals surface area (Å²) in [7, 11) is 3.79. The van der Waals surface area contributed by atoms with Crippen molar-refractivity contribution in [3.05, 3.63) is 11.9 Å². The first-order chi connectivity index (χ1) is 9.71. The lowest BCUT2D eigenvalue weighted by atomic mass is 9.98. The smallest absolute Gasteiger partial charge is 0.158 e. The molecule has 4 N–H and O–H groups in total. The topological polar surface area (TPSA) is 88.3 Å². The van der Waals surface area contributed by atoms with Gasteiger partial charge in [-0.1, -0.05) is 0 Å². The Bertz CT molecular complexity index is 427. The lowest BCUT2D eigenvalue weighted by Crippen LogP contribution is -2.35. The van der Waals surface area contributed by atoms with Gasteiger partial charge in [0.1, 0.15) is 18.2 Å². The Hall–Kier alpha value is -1.44. The predicted octanol–water partition coefficient (Wildman–Crippen LogP) is 0.662. The summed E-state index contributed by atoms with van der Waals surface area (Å²) in [5, 5.41) is 3.38. The van der Waals surface area contributed by atoms with Crippen LogP contribution in [0, 0.1) is 5.92 Å². The third-order valence-corrected chi connectivity index (χ3v) is 3.49. The highest BCUT2D eigenvalue weighted by Crippen LogP contribution is 2.17. The molecule has 2 rings (SSSR count). The molecule has 0 bridgehead atoms. The lowest BCUT2D eigenvalue weighted by Gasteiger charge is -2.29. The van der Waals surface area contributed by atoms with Crippen molar-refractivity contribution >= 4 is 11.6 Å². The van der Waals surface area contributed by atoms with Gasteiger partial charge in [-0.2, -0.15) is 0 Å². The maximum Gasteiger partial charge on any atom is 0.158 e. The number of hydrogen-bond acceptors (Lipinski definition) is 7. The molecule has 7 nitrogen and oxygen atoms in total. The summed E-state index contributed by atoms with van der Waals surface area (Å²) in [5.41, 5.74) is 2.56. The van der Waals surface area contributed by atoms with Gasteiger partial charge in [-0.05, 0) is 32.4 Å². The normalized spacial score (nSPS) is 19.9. The molecule has 0 spiro atoms. The molecular weight excluding hydrogens is 256 g/mol. The number of nitrogens with zero attached hydrogens (tertiary/aromatic N) is 3. The molecule has 0 radical (unpaired) electrons. The minimum atomic E-state index is 0.371. The van der Waals surface area contributed by atoms with Crippen LogP contribution in [-0.4, -0.2) is 48.7 Å². The molecule has 1 saturated heterocycles. The Morgan fingerprint density at radius 2 is 2.25 bits per heavy atom. The number of methoxy groups -OCH3 is 1. The minimum Gasteiger partial charge on any atom is -0.377 e. The van der Waals surface area contributed by atoms with Crippen molar-refractivity contribution in [1.82, 2.24) is 14.9 Å². The molecule has 7 heteroatoms. The zero-order chi connectivity index (χ0) is 14.4.